The van der Waals surface area contributed by atoms with Crippen molar-refractivity contribution in [1.29, 1.82) is 0 Å². The molecular formula is C18H25N3O4S. The van der Waals surface area contributed by atoms with Crippen molar-refractivity contribution in [2.45, 2.75) is 31.3 Å². The van der Waals surface area contributed by atoms with Crippen molar-refractivity contribution in [2.24, 2.45) is 0 Å². The minimum atomic E-state index is -3.70. The molecule has 0 aliphatic heterocycles. The van der Waals surface area contributed by atoms with E-state index in [1.165, 1.54) is 12.1 Å². The molecule has 0 fully saturated rings. The van der Waals surface area contributed by atoms with Crippen molar-refractivity contribution >= 4 is 21.5 Å². The number of aromatic nitrogens is 1. The molecule has 0 aliphatic rings. The van der Waals surface area contributed by atoms with Crippen molar-refractivity contribution in [3.05, 3.63) is 42.6 Å². The van der Waals surface area contributed by atoms with Crippen LogP contribution >= 0.6 is 0 Å². The highest BCUT2D eigenvalue weighted by Crippen LogP contribution is 2.20. The van der Waals surface area contributed by atoms with Gasteiger partial charge in [-0.2, -0.15) is 0 Å². The van der Waals surface area contributed by atoms with Crippen LogP contribution < -0.4 is 14.8 Å². The van der Waals surface area contributed by atoms with Crippen LogP contribution in [0.25, 0.3) is 0 Å². The fourth-order valence-corrected chi connectivity index (χ4v) is 3.18. The number of nitrogens with one attached hydrogen (secondary N) is 2. The molecule has 0 spiro atoms. The second-order valence-corrected chi connectivity index (χ2v) is 7.63. The van der Waals surface area contributed by atoms with Crippen LogP contribution in [0.1, 0.15) is 20.3 Å². The van der Waals surface area contributed by atoms with Gasteiger partial charge in [0.25, 0.3) is 10.0 Å². The third-order valence-electron chi connectivity index (χ3n) is 3.36. The van der Waals surface area contributed by atoms with E-state index in [4.69, 9.17) is 9.47 Å². The molecule has 8 heteroatoms. The number of sulfonamides is 1. The van der Waals surface area contributed by atoms with Gasteiger partial charge in [-0.3, -0.25) is 4.72 Å². The number of anilines is 2. The van der Waals surface area contributed by atoms with Gasteiger partial charge in [0.15, 0.2) is 0 Å². The van der Waals surface area contributed by atoms with Gasteiger partial charge >= 0.3 is 0 Å². The first kappa shape index (κ1) is 20.0. The Morgan fingerprint density at radius 1 is 1.12 bits per heavy atom. The third-order valence-corrected chi connectivity index (χ3v) is 4.73. The Balaban J connectivity index is 1.97. The summed E-state index contributed by atoms with van der Waals surface area (Å²) in [5.41, 5.74) is 0.819. The lowest BCUT2D eigenvalue weighted by Crippen LogP contribution is -2.14. The van der Waals surface area contributed by atoms with Gasteiger partial charge in [0.1, 0.15) is 11.6 Å². The van der Waals surface area contributed by atoms with Gasteiger partial charge in [0.2, 0.25) is 0 Å². The quantitative estimate of drug-likeness (QED) is 0.617. The molecule has 1 aromatic heterocycles. The number of hydrogen-bond acceptors (Lipinski definition) is 6. The minimum absolute atomic E-state index is 0.0291. The fourth-order valence-electron chi connectivity index (χ4n) is 2.17. The summed E-state index contributed by atoms with van der Waals surface area (Å²) >= 11 is 0. The predicted octanol–water partition coefficient (Wildman–Crippen LogP) is 3.12. The Morgan fingerprint density at radius 3 is 2.42 bits per heavy atom. The molecule has 0 radical (unpaired) electrons. The van der Waals surface area contributed by atoms with Crippen LogP contribution in [-0.4, -0.2) is 39.8 Å². The zero-order valence-corrected chi connectivity index (χ0v) is 16.0. The van der Waals surface area contributed by atoms with Crippen LogP contribution in [0.3, 0.4) is 0 Å². The average molecular weight is 379 g/mol. The van der Waals surface area contributed by atoms with Crippen molar-refractivity contribution in [3.63, 3.8) is 0 Å². The van der Waals surface area contributed by atoms with Gasteiger partial charge in [-0.25, -0.2) is 13.4 Å². The maximum absolute atomic E-state index is 12.4. The summed E-state index contributed by atoms with van der Waals surface area (Å²) in [6.07, 6.45) is 2.49. The van der Waals surface area contributed by atoms with E-state index in [2.05, 4.69) is 15.0 Å². The molecule has 142 valence electrons. The number of rotatable bonds is 10. The zero-order chi connectivity index (χ0) is 19.0. The molecule has 2 rings (SSSR count). The molecule has 2 aromatic rings. The normalized spacial score (nSPS) is 11.4. The molecule has 1 aromatic carbocycles. The summed E-state index contributed by atoms with van der Waals surface area (Å²) in [6.45, 7) is 5.26. The van der Waals surface area contributed by atoms with Gasteiger partial charge < -0.3 is 14.8 Å². The van der Waals surface area contributed by atoms with E-state index in [0.29, 0.717) is 12.4 Å². The Morgan fingerprint density at radius 2 is 1.85 bits per heavy atom. The van der Waals surface area contributed by atoms with Crippen molar-refractivity contribution in [3.8, 4) is 5.75 Å². The Labute approximate surface area is 154 Å². The highest BCUT2D eigenvalue weighted by atomic mass is 32.2. The molecule has 2 N–H and O–H groups in total. The molecule has 0 amide bonds. The minimum Gasteiger partial charge on any atom is -0.491 e. The number of pyridine rings is 1. The number of hydrogen-bond donors (Lipinski definition) is 2. The zero-order valence-electron chi connectivity index (χ0n) is 15.2. The SMILES string of the molecule is COCCCNc1ccc(NS(=O)(=O)c2ccc(OC(C)C)cc2)nc1. The lowest BCUT2D eigenvalue weighted by molar-refractivity contribution is 0.198. The van der Waals surface area contributed by atoms with E-state index in [-0.39, 0.29) is 16.8 Å². The van der Waals surface area contributed by atoms with Crippen molar-refractivity contribution in [2.75, 3.05) is 30.3 Å². The number of benzene rings is 1. The first-order valence-corrected chi connectivity index (χ1v) is 9.87. The van der Waals surface area contributed by atoms with E-state index in [9.17, 15) is 8.42 Å². The van der Waals surface area contributed by atoms with E-state index in [0.717, 1.165) is 18.7 Å². The molecule has 0 atom stereocenters. The van der Waals surface area contributed by atoms with Gasteiger partial charge in [0, 0.05) is 20.3 Å². The third kappa shape index (κ3) is 6.20. The summed E-state index contributed by atoms with van der Waals surface area (Å²) in [6, 6.07) is 9.67. The molecule has 26 heavy (non-hydrogen) atoms. The van der Waals surface area contributed by atoms with Gasteiger partial charge in [-0.15, -0.1) is 0 Å². The molecule has 0 saturated heterocycles. The van der Waals surface area contributed by atoms with Gasteiger partial charge in [0.05, 0.1) is 22.9 Å². The summed E-state index contributed by atoms with van der Waals surface area (Å²) in [4.78, 5) is 4.29. The van der Waals surface area contributed by atoms with Crippen LogP contribution in [0.2, 0.25) is 0 Å². The standard InChI is InChI=1S/C18H25N3O4S/c1-14(2)25-16-6-8-17(9-7-16)26(22,23)21-18-10-5-15(13-20-18)19-11-4-12-24-3/h5-10,13-14,19H,4,11-12H2,1-3H3,(H,20,21). The molecule has 0 saturated carbocycles. The summed E-state index contributed by atoms with van der Waals surface area (Å²) in [7, 11) is -2.04. The molecule has 1 heterocycles. The topological polar surface area (TPSA) is 89.6 Å². The van der Waals surface area contributed by atoms with E-state index >= 15 is 0 Å². The second-order valence-electron chi connectivity index (χ2n) is 5.95. The number of ether oxygens (including phenoxy) is 2. The van der Waals surface area contributed by atoms with Crippen molar-refractivity contribution in [1.82, 2.24) is 4.98 Å². The molecule has 0 bridgehead atoms. The fraction of sp³-hybridized carbons (Fsp3) is 0.389. The Bertz CT molecular complexity index is 775. The molecule has 7 nitrogen and oxygen atoms in total. The highest BCUT2D eigenvalue weighted by molar-refractivity contribution is 7.92. The maximum atomic E-state index is 12.4. The lowest BCUT2D eigenvalue weighted by atomic mass is 10.3. The first-order chi connectivity index (χ1) is 12.4. The summed E-state index contributed by atoms with van der Waals surface area (Å²) in [5, 5.41) is 3.19. The van der Waals surface area contributed by atoms with Crippen molar-refractivity contribution < 1.29 is 17.9 Å². The number of methoxy groups -OCH3 is 1. The molecule has 0 aliphatic carbocycles. The smallest absolute Gasteiger partial charge is 0.263 e. The summed E-state index contributed by atoms with van der Waals surface area (Å²) < 4.78 is 37.9. The largest absolute Gasteiger partial charge is 0.491 e. The first-order valence-electron chi connectivity index (χ1n) is 8.39. The van der Waals surface area contributed by atoms with E-state index < -0.39 is 10.0 Å². The van der Waals surface area contributed by atoms with Crippen LogP contribution in [0.4, 0.5) is 11.5 Å². The Hall–Kier alpha value is -2.32. The molecule has 0 unspecified atom stereocenters. The molecular weight excluding hydrogens is 354 g/mol. The lowest BCUT2D eigenvalue weighted by Gasteiger charge is -2.11. The van der Waals surface area contributed by atoms with Crippen LogP contribution in [-0.2, 0) is 14.8 Å². The van der Waals surface area contributed by atoms with E-state index in [1.54, 1.807) is 37.6 Å². The van der Waals surface area contributed by atoms with Crippen LogP contribution in [0.5, 0.6) is 5.75 Å². The van der Waals surface area contributed by atoms with Crippen LogP contribution in [0, 0.1) is 0 Å². The van der Waals surface area contributed by atoms with Crippen LogP contribution in [0.15, 0.2) is 47.5 Å². The maximum Gasteiger partial charge on any atom is 0.263 e. The highest BCUT2D eigenvalue weighted by Gasteiger charge is 2.15. The second kappa shape index (κ2) is 9.40. The monoisotopic (exact) mass is 379 g/mol. The predicted molar refractivity (Wildman–Crippen MR) is 102 cm³/mol. The average Bonchev–Trinajstić information content (AvgIpc) is 2.60. The van der Waals surface area contributed by atoms with Gasteiger partial charge in [-0.1, -0.05) is 0 Å². The number of nitrogens with zero attached hydrogens (tertiary/aromatic N) is 1. The van der Waals surface area contributed by atoms with E-state index in [1.807, 2.05) is 13.8 Å². The van der Waals surface area contributed by atoms with Gasteiger partial charge in [-0.05, 0) is 56.7 Å². The Kier molecular flexibility index (Phi) is 7.23. The summed E-state index contributed by atoms with van der Waals surface area (Å²) in [5.74, 6) is 0.885.